The average Bonchev–Trinajstić information content (AvgIpc) is 3.33. The number of amides is 2. The number of carboxylic acid groups (broad SMARTS) is 1. The Labute approximate surface area is 196 Å². The van der Waals surface area contributed by atoms with E-state index in [2.05, 4.69) is 41.0 Å². The van der Waals surface area contributed by atoms with Gasteiger partial charge < -0.3 is 20.5 Å². The minimum atomic E-state index is -0.932. The Kier molecular flexibility index (Phi) is 9.16. The molecule has 1 aliphatic carbocycles. The van der Waals surface area contributed by atoms with Crippen molar-refractivity contribution in [3.8, 4) is 5.75 Å². The molecule has 0 radical (unpaired) electrons. The van der Waals surface area contributed by atoms with Gasteiger partial charge in [-0.3, -0.25) is 4.79 Å². The number of fused-ring (bicyclic) bond motifs is 1. The molecule has 178 valence electrons. The highest BCUT2D eigenvalue weighted by atomic mass is 16.5. The van der Waals surface area contributed by atoms with E-state index in [1.165, 1.54) is 24.8 Å². The smallest absolute Gasteiger partial charge is 0.404 e. The molecule has 3 N–H and O–H groups in total. The zero-order chi connectivity index (χ0) is 23.5. The van der Waals surface area contributed by atoms with E-state index in [1.807, 2.05) is 25.1 Å². The molecular formula is C27H36N2O4. The molecule has 0 bridgehead atoms. The van der Waals surface area contributed by atoms with Gasteiger partial charge in [0.1, 0.15) is 5.75 Å². The summed E-state index contributed by atoms with van der Waals surface area (Å²) in [5, 5.41) is 13.5. The summed E-state index contributed by atoms with van der Waals surface area (Å²) < 4.78 is 5.69. The van der Waals surface area contributed by atoms with E-state index in [0.717, 1.165) is 43.4 Å². The Morgan fingerprint density at radius 1 is 1.00 bits per heavy atom. The van der Waals surface area contributed by atoms with Crippen LogP contribution in [-0.4, -0.2) is 36.8 Å². The van der Waals surface area contributed by atoms with Crippen LogP contribution < -0.4 is 15.4 Å². The molecule has 2 aromatic carbocycles. The molecule has 4 rings (SSSR count). The molecule has 2 aromatic rings. The Balaban J connectivity index is 0.000000331. The van der Waals surface area contributed by atoms with Gasteiger partial charge in [0.15, 0.2) is 0 Å². The highest BCUT2D eigenvalue weighted by Crippen LogP contribution is 2.39. The fraction of sp³-hybridized carbons (Fsp3) is 0.481. The van der Waals surface area contributed by atoms with Gasteiger partial charge in [0.25, 0.3) is 5.91 Å². The summed E-state index contributed by atoms with van der Waals surface area (Å²) >= 11 is 0. The van der Waals surface area contributed by atoms with Crippen LogP contribution in [0.5, 0.6) is 5.75 Å². The van der Waals surface area contributed by atoms with Crippen molar-refractivity contribution in [2.75, 3.05) is 19.7 Å². The summed E-state index contributed by atoms with van der Waals surface area (Å²) in [5.41, 5.74) is 3.23. The Hall–Kier alpha value is -3.02. The third kappa shape index (κ3) is 6.73. The number of para-hydroxylation sites is 1. The van der Waals surface area contributed by atoms with E-state index in [-0.39, 0.29) is 11.3 Å². The number of carbonyl (C=O) groups excluding carboxylic acids is 1. The van der Waals surface area contributed by atoms with Gasteiger partial charge >= 0.3 is 6.09 Å². The van der Waals surface area contributed by atoms with Crippen molar-refractivity contribution in [1.29, 1.82) is 0 Å². The van der Waals surface area contributed by atoms with Crippen LogP contribution in [0.25, 0.3) is 0 Å². The first-order valence-electron chi connectivity index (χ1n) is 12.1. The Bertz CT molecular complexity index is 908. The number of unbranched alkanes of at least 4 members (excludes halogenated alkanes) is 1. The summed E-state index contributed by atoms with van der Waals surface area (Å²) in [5.74, 6) is 0.761. The van der Waals surface area contributed by atoms with Crippen LogP contribution in [-0.2, 0) is 11.8 Å². The number of ether oxygens (including phenoxy) is 1. The topological polar surface area (TPSA) is 87.7 Å². The average molecular weight is 453 g/mol. The predicted molar refractivity (Wildman–Crippen MR) is 130 cm³/mol. The van der Waals surface area contributed by atoms with Crippen LogP contribution in [0, 0.1) is 0 Å². The summed E-state index contributed by atoms with van der Waals surface area (Å²) in [6.07, 6.45) is 7.95. The van der Waals surface area contributed by atoms with E-state index in [9.17, 15) is 9.59 Å². The number of hydrogen-bond donors (Lipinski definition) is 3. The van der Waals surface area contributed by atoms with Crippen LogP contribution in [0.1, 0.15) is 73.4 Å². The van der Waals surface area contributed by atoms with Crippen molar-refractivity contribution in [3.63, 3.8) is 0 Å². The van der Waals surface area contributed by atoms with E-state index in [4.69, 9.17) is 9.84 Å². The zero-order valence-corrected chi connectivity index (χ0v) is 19.6. The van der Waals surface area contributed by atoms with Crippen LogP contribution in [0.4, 0.5) is 4.79 Å². The SMILES string of the molecule is CCCCNC(=O)O.O=C(NCC1(c2ccccc2)CCCCC1)c1cccc2c1OCC2. The number of carbonyl (C=O) groups is 2. The Morgan fingerprint density at radius 3 is 2.45 bits per heavy atom. The molecule has 0 spiro atoms. The third-order valence-corrected chi connectivity index (χ3v) is 6.55. The second-order valence-corrected chi connectivity index (χ2v) is 8.87. The lowest BCUT2D eigenvalue weighted by Crippen LogP contribution is -2.42. The van der Waals surface area contributed by atoms with Crippen molar-refractivity contribution >= 4 is 12.0 Å². The van der Waals surface area contributed by atoms with Crippen molar-refractivity contribution in [3.05, 3.63) is 65.2 Å². The number of nitrogens with one attached hydrogen (secondary N) is 2. The molecule has 0 atom stereocenters. The normalized spacial score (nSPS) is 15.9. The van der Waals surface area contributed by atoms with E-state index in [1.54, 1.807) is 0 Å². The maximum atomic E-state index is 12.8. The van der Waals surface area contributed by atoms with Gasteiger partial charge in [-0.2, -0.15) is 0 Å². The molecule has 0 aromatic heterocycles. The highest BCUT2D eigenvalue weighted by molar-refractivity contribution is 5.97. The molecule has 0 unspecified atom stereocenters. The molecule has 1 aliphatic heterocycles. The van der Waals surface area contributed by atoms with Gasteiger partial charge in [0.05, 0.1) is 12.2 Å². The van der Waals surface area contributed by atoms with Gasteiger partial charge in [-0.25, -0.2) is 4.79 Å². The summed E-state index contributed by atoms with van der Waals surface area (Å²) in [6, 6.07) is 16.6. The molecule has 33 heavy (non-hydrogen) atoms. The number of hydrogen-bond acceptors (Lipinski definition) is 3. The lowest BCUT2D eigenvalue weighted by molar-refractivity contribution is 0.0933. The summed E-state index contributed by atoms with van der Waals surface area (Å²) in [6.45, 7) is 3.96. The second kappa shape index (κ2) is 12.3. The molecule has 0 saturated heterocycles. The molecule has 1 fully saturated rings. The molecule has 2 aliphatic rings. The molecular weight excluding hydrogens is 416 g/mol. The van der Waals surface area contributed by atoms with Gasteiger partial charge in [0, 0.05) is 24.9 Å². The van der Waals surface area contributed by atoms with E-state index in [0.29, 0.717) is 25.3 Å². The standard InChI is InChI=1S/C22H25NO2.C5H11NO2/c24-21(19-11-7-8-17-12-15-25-20(17)19)23-16-22(13-5-2-6-14-22)18-9-3-1-4-10-18;1-2-3-4-6-5(7)8/h1,3-4,7-11H,2,5-6,12-16H2,(H,23,24);6H,2-4H2,1H3,(H,7,8). The first-order chi connectivity index (χ1) is 16.1. The van der Waals surface area contributed by atoms with E-state index >= 15 is 0 Å². The fourth-order valence-corrected chi connectivity index (χ4v) is 4.70. The lowest BCUT2D eigenvalue weighted by atomic mass is 9.69. The first-order valence-corrected chi connectivity index (χ1v) is 12.1. The van der Waals surface area contributed by atoms with Crippen LogP contribution >= 0.6 is 0 Å². The molecule has 1 heterocycles. The number of benzene rings is 2. The van der Waals surface area contributed by atoms with Crippen molar-refractivity contribution in [2.24, 2.45) is 0 Å². The highest BCUT2D eigenvalue weighted by Gasteiger charge is 2.34. The molecule has 2 amide bonds. The van der Waals surface area contributed by atoms with E-state index < -0.39 is 6.09 Å². The predicted octanol–water partition coefficient (Wildman–Crippen LogP) is 5.31. The van der Waals surface area contributed by atoms with Crippen molar-refractivity contribution < 1.29 is 19.4 Å². The largest absolute Gasteiger partial charge is 0.492 e. The third-order valence-electron chi connectivity index (χ3n) is 6.55. The minimum Gasteiger partial charge on any atom is -0.492 e. The fourth-order valence-electron chi connectivity index (χ4n) is 4.70. The maximum Gasteiger partial charge on any atom is 0.404 e. The zero-order valence-electron chi connectivity index (χ0n) is 19.6. The van der Waals surface area contributed by atoms with Gasteiger partial charge in [-0.05, 0) is 36.5 Å². The monoisotopic (exact) mass is 452 g/mol. The van der Waals surface area contributed by atoms with Crippen LogP contribution in [0.3, 0.4) is 0 Å². The van der Waals surface area contributed by atoms with Gasteiger partial charge in [0.2, 0.25) is 0 Å². The van der Waals surface area contributed by atoms with Gasteiger partial charge in [-0.1, -0.05) is 75.1 Å². The lowest BCUT2D eigenvalue weighted by Gasteiger charge is -2.38. The summed E-state index contributed by atoms with van der Waals surface area (Å²) in [4.78, 5) is 22.6. The Morgan fingerprint density at radius 2 is 1.76 bits per heavy atom. The minimum absolute atomic E-state index is 0.0142. The number of rotatable bonds is 7. The molecule has 1 saturated carbocycles. The quantitative estimate of drug-likeness (QED) is 0.497. The maximum absolute atomic E-state index is 12.8. The summed E-state index contributed by atoms with van der Waals surface area (Å²) in [7, 11) is 0. The molecule has 6 nitrogen and oxygen atoms in total. The second-order valence-electron chi connectivity index (χ2n) is 8.87. The van der Waals surface area contributed by atoms with Crippen molar-refractivity contribution in [2.45, 2.75) is 63.7 Å². The first kappa shape index (κ1) is 24.6. The van der Waals surface area contributed by atoms with Gasteiger partial charge in [-0.15, -0.1) is 0 Å². The van der Waals surface area contributed by atoms with Crippen LogP contribution in [0.15, 0.2) is 48.5 Å². The van der Waals surface area contributed by atoms with Crippen LogP contribution in [0.2, 0.25) is 0 Å². The van der Waals surface area contributed by atoms with Crippen molar-refractivity contribution in [1.82, 2.24) is 10.6 Å². The molecule has 6 heteroatoms.